The van der Waals surface area contributed by atoms with Gasteiger partial charge in [-0.2, -0.15) is 0 Å². The molecule has 3 rings (SSSR count). The molecule has 3 aromatic carbocycles. The van der Waals surface area contributed by atoms with Crippen LogP contribution in [0.4, 0.5) is 5.69 Å². The van der Waals surface area contributed by atoms with Gasteiger partial charge in [0.1, 0.15) is 17.3 Å². The quantitative estimate of drug-likeness (QED) is 0.474. The van der Waals surface area contributed by atoms with Crippen LogP contribution >= 0.6 is 34.8 Å². The number of benzene rings is 3. The Morgan fingerprint density at radius 3 is 2.11 bits per heavy atom. The molecule has 0 heterocycles. The van der Waals surface area contributed by atoms with Crippen molar-refractivity contribution >= 4 is 50.5 Å². The van der Waals surface area contributed by atoms with Gasteiger partial charge in [-0.25, -0.2) is 8.42 Å². The predicted octanol–water partition coefficient (Wildman–Crippen LogP) is 6.03. The van der Waals surface area contributed by atoms with E-state index in [2.05, 4.69) is 4.72 Å². The molecule has 140 valence electrons. The van der Waals surface area contributed by atoms with Crippen LogP contribution in [0, 0.1) is 0 Å². The Labute approximate surface area is 172 Å². The fourth-order valence-corrected chi connectivity index (χ4v) is 4.34. The van der Waals surface area contributed by atoms with Crippen LogP contribution in [0.3, 0.4) is 0 Å². The van der Waals surface area contributed by atoms with E-state index in [-0.39, 0.29) is 20.0 Å². The van der Waals surface area contributed by atoms with E-state index < -0.39 is 10.0 Å². The number of sulfonamides is 1. The van der Waals surface area contributed by atoms with E-state index in [4.69, 9.17) is 39.5 Å². The molecule has 8 heteroatoms. The van der Waals surface area contributed by atoms with Crippen LogP contribution in [-0.4, -0.2) is 8.42 Å². The molecule has 27 heavy (non-hydrogen) atoms. The van der Waals surface area contributed by atoms with Gasteiger partial charge in [0.2, 0.25) is 0 Å². The van der Waals surface area contributed by atoms with Crippen LogP contribution in [0.15, 0.2) is 71.6 Å². The molecule has 0 bridgehead atoms. The fraction of sp³-hybridized carbons (Fsp3) is 0.0526. The molecule has 0 aromatic heterocycles. The molecular weight excluding hydrogens is 429 g/mol. The third kappa shape index (κ3) is 5.08. The Morgan fingerprint density at radius 1 is 0.815 bits per heavy atom. The summed E-state index contributed by atoms with van der Waals surface area (Å²) in [5.41, 5.74) is 1.40. The molecule has 0 radical (unpaired) electrons. The van der Waals surface area contributed by atoms with Gasteiger partial charge in [-0.15, -0.1) is 0 Å². The molecule has 0 fully saturated rings. The fourth-order valence-electron chi connectivity index (χ4n) is 2.28. The van der Waals surface area contributed by atoms with Gasteiger partial charge >= 0.3 is 0 Å². The molecule has 1 N–H and O–H groups in total. The summed E-state index contributed by atoms with van der Waals surface area (Å²) in [5, 5.41) is 0.270. The standard InChI is InChI=1S/C19H14Cl3NO3S/c20-16-10-18(22)19(11-17(16)21)27(24,25)23-14-6-8-15(9-7-14)26-12-13-4-2-1-3-5-13/h1-11,23H,12H2. The summed E-state index contributed by atoms with van der Waals surface area (Å²) in [5.74, 6) is 0.620. The highest BCUT2D eigenvalue weighted by atomic mass is 35.5. The van der Waals surface area contributed by atoms with E-state index >= 15 is 0 Å². The summed E-state index contributed by atoms with van der Waals surface area (Å²) in [7, 11) is -3.92. The zero-order valence-corrected chi connectivity index (χ0v) is 16.9. The number of nitrogens with one attached hydrogen (secondary N) is 1. The molecule has 3 aromatic rings. The van der Waals surface area contributed by atoms with Gasteiger partial charge in [-0.1, -0.05) is 65.1 Å². The second kappa shape index (κ2) is 8.40. The van der Waals surface area contributed by atoms with Gasteiger partial charge in [0.05, 0.1) is 15.1 Å². The van der Waals surface area contributed by atoms with Crippen LogP contribution in [0.25, 0.3) is 0 Å². The van der Waals surface area contributed by atoms with Crippen molar-refractivity contribution in [3.05, 3.63) is 87.4 Å². The molecule has 0 aliphatic carbocycles. The minimum atomic E-state index is -3.92. The van der Waals surface area contributed by atoms with Crippen molar-refractivity contribution in [3.8, 4) is 5.75 Å². The topological polar surface area (TPSA) is 55.4 Å². The highest BCUT2D eigenvalue weighted by Gasteiger charge is 2.20. The molecule has 0 amide bonds. The minimum absolute atomic E-state index is 0.0142. The largest absolute Gasteiger partial charge is 0.489 e. The normalized spacial score (nSPS) is 11.2. The molecule has 4 nitrogen and oxygen atoms in total. The number of anilines is 1. The van der Waals surface area contributed by atoms with Crippen molar-refractivity contribution in [1.29, 1.82) is 0 Å². The molecular formula is C19H14Cl3NO3S. The van der Waals surface area contributed by atoms with Crippen molar-refractivity contribution in [2.75, 3.05) is 4.72 Å². The van der Waals surface area contributed by atoms with Gasteiger partial charge in [-0.3, -0.25) is 4.72 Å². The number of ether oxygens (including phenoxy) is 1. The third-order valence-electron chi connectivity index (χ3n) is 3.62. The second-order valence-electron chi connectivity index (χ2n) is 5.60. The Bertz CT molecular complexity index is 1040. The average Bonchev–Trinajstić information content (AvgIpc) is 2.64. The van der Waals surface area contributed by atoms with Gasteiger partial charge in [0.15, 0.2) is 0 Å². The lowest BCUT2D eigenvalue weighted by Gasteiger charge is -2.11. The van der Waals surface area contributed by atoms with Crippen molar-refractivity contribution in [2.45, 2.75) is 11.5 Å². The smallest absolute Gasteiger partial charge is 0.263 e. The lowest BCUT2D eigenvalue weighted by atomic mass is 10.2. The van der Waals surface area contributed by atoms with Crippen molar-refractivity contribution in [1.82, 2.24) is 0 Å². The van der Waals surface area contributed by atoms with E-state index in [0.717, 1.165) is 5.56 Å². The maximum atomic E-state index is 12.6. The van der Waals surface area contributed by atoms with Crippen LogP contribution in [0.1, 0.15) is 5.56 Å². The van der Waals surface area contributed by atoms with Gasteiger partial charge in [0, 0.05) is 5.69 Å². The minimum Gasteiger partial charge on any atom is -0.489 e. The monoisotopic (exact) mass is 441 g/mol. The zero-order chi connectivity index (χ0) is 19.4. The molecule has 0 aliphatic rings. The zero-order valence-electron chi connectivity index (χ0n) is 13.8. The molecule has 0 atom stereocenters. The first-order chi connectivity index (χ1) is 12.8. The molecule has 0 unspecified atom stereocenters. The first-order valence-electron chi connectivity index (χ1n) is 7.79. The van der Waals surface area contributed by atoms with Crippen LogP contribution in [-0.2, 0) is 16.6 Å². The van der Waals surface area contributed by atoms with Crippen molar-refractivity contribution in [2.24, 2.45) is 0 Å². The van der Waals surface area contributed by atoms with E-state index in [1.54, 1.807) is 24.3 Å². The maximum absolute atomic E-state index is 12.6. The van der Waals surface area contributed by atoms with Gasteiger partial charge in [-0.05, 0) is 42.0 Å². The van der Waals surface area contributed by atoms with Crippen molar-refractivity contribution < 1.29 is 13.2 Å². The summed E-state index contributed by atoms with van der Waals surface area (Å²) in [4.78, 5) is -0.150. The molecule has 0 saturated carbocycles. The number of hydrogen-bond acceptors (Lipinski definition) is 3. The number of hydrogen-bond donors (Lipinski definition) is 1. The molecule has 0 saturated heterocycles. The molecule has 0 spiro atoms. The summed E-state index contributed by atoms with van der Waals surface area (Å²) in [6.07, 6.45) is 0. The van der Waals surface area contributed by atoms with Crippen LogP contribution in [0.2, 0.25) is 15.1 Å². The van der Waals surface area contributed by atoms with Gasteiger partial charge < -0.3 is 4.74 Å². The predicted molar refractivity (Wildman–Crippen MR) is 109 cm³/mol. The van der Waals surface area contributed by atoms with E-state index in [1.807, 2.05) is 30.3 Å². The Morgan fingerprint density at radius 2 is 1.44 bits per heavy atom. The molecule has 0 aliphatic heterocycles. The van der Waals surface area contributed by atoms with E-state index in [0.29, 0.717) is 18.0 Å². The highest BCUT2D eigenvalue weighted by Crippen LogP contribution is 2.32. The lowest BCUT2D eigenvalue weighted by Crippen LogP contribution is -2.13. The lowest BCUT2D eigenvalue weighted by molar-refractivity contribution is 0.306. The Balaban J connectivity index is 1.71. The summed E-state index contributed by atoms with van der Waals surface area (Å²) in [6, 6.07) is 18.8. The van der Waals surface area contributed by atoms with E-state index in [1.165, 1.54) is 12.1 Å². The third-order valence-corrected chi connectivity index (χ3v) is 6.19. The summed E-state index contributed by atoms with van der Waals surface area (Å²) < 4.78 is 33.2. The maximum Gasteiger partial charge on any atom is 0.263 e. The summed E-state index contributed by atoms with van der Waals surface area (Å²) in [6.45, 7) is 0.421. The SMILES string of the molecule is O=S(=O)(Nc1ccc(OCc2ccccc2)cc1)c1cc(Cl)c(Cl)cc1Cl. The first-order valence-corrected chi connectivity index (χ1v) is 10.4. The number of rotatable bonds is 6. The summed E-state index contributed by atoms with van der Waals surface area (Å²) >= 11 is 17.7. The van der Waals surface area contributed by atoms with Gasteiger partial charge in [0.25, 0.3) is 10.0 Å². The van der Waals surface area contributed by atoms with E-state index in [9.17, 15) is 8.42 Å². The average molecular weight is 443 g/mol. The highest BCUT2D eigenvalue weighted by molar-refractivity contribution is 7.92. The van der Waals surface area contributed by atoms with Crippen LogP contribution in [0.5, 0.6) is 5.75 Å². The Hall–Kier alpha value is -1.92. The van der Waals surface area contributed by atoms with Crippen molar-refractivity contribution in [3.63, 3.8) is 0 Å². The van der Waals surface area contributed by atoms with Crippen LogP contribution < -0.4 is 9.46 Å². The second-order valence-corrected chi connectivity index (χ2v) is 8.47. The number of halogens is 3. The Kier molecular flexibility index (Phi) is 6.17. The first kappa shape index (κ1) is 19.8.